The Labute approximate surface area is 57.8 Å². The minimum atomic E-state index is -1.26. The third kappa shape index (κ3) is 4.19. The van der Waals surface area contributed by atoms with Gasteiger partial charge in [0, 0.05) is 4.91 Å². The van der Waals surface area contributed by atoms with E-state index < -0.39 is 21.8 Å². The van der Waals surface area contributed by atoms with E-state index in [0.29, 0.717) is 0 Å². The number of azide groups is 1. The molecule has 0 saturated heterocycles. The first kappa shape index (κ1) is 9.28. The number of nitrogens with zero attached hydrogens (tertiary/aromatic N) is 3. The van der Waals surface area contributed by atoms with Gasteiger partial charge in [-0.3, -0.25) is 0 Å². The molecule has 0 spiro atoms. The maximum Gasteiger partial charge on any atom is 0.437 e. The van der Waals surface area contributed by atoms with E-state index >= 15 is 0 Å². The Morgan fingerprint density at radius 1 is 1.40 bits per heavy atom. The summed E-state index contributed by atoms with van der Waals surface area (Å²) < 4.78 is 8.55. The lowest BCUT2D eigenvalue weighted by Crippen LogP contribution is -2.18. The van der Waals surface area contributed by atoms with E-state index in [1.807, 2.05) is 0 Å². The average molecular weight is 145 g/mol. The van der Waals surface area contributed by atoms with E-state index in [9.17, 15) is 0 Å². The topological polar surface area (TPSA) is 108 Å². The van der Waals surface area contributed by atoms with Gasteiger partial charge in [-0.05, 0) is 10.6 Å². The van der Waals surface area contributed by atoms with Crippen molar-refractivity contribution in [3.8, 4) is 0 Å². The molecule has 0 amide bonds. The molecule has 0 aromatic carbocycles. The molecule has 0 unspecified atom stereocenters. The third-order valence-electron chi connectivity index (χ3n) is 0.580. The molecule has 0 atom stereocenters. The lowest BCUT2D eigenvalue weighted by Gasteiger charge is -2.07. The van der Waals surface area contributed by atoms with Crippen LogP contribution in [-0.2, 0) is 9.31 Å². The Bertz CT molecular complexity index is 120. The third-order valence-corrected chi connectivity index (χ3v) is 0.580. The quantitative estimate of drug-likeness (QED) is 0.155. The van der Waals surface area contributed by atoms with Crippen LogP contribution in [0.1, 0.15) is 0 Å². The molecule has 0 rings (SSSR count). The summed E-state index contributed by atoms with van der Waals surface area (Å²) in [6, 6.07) is 0. The summed E-state index contributed by atoms with van der Waals surface area (Å²) in [7, 11) is -1.27. The van der Waals surface area contributed by atoms with Gasteiger partial charge in [-0.2, -0.15) is 0 Å². The van der Waals surface area contributed by atoms with Crippen LogP contribution in [0.3, 0.4) is 0 Å². The molecule has 0 aliphatic rings. The van der Waals surface area contributed by atoms with Gasteiger partial charge in [-0.15, -0.1) is 0 Å². The zero-order valence-corrected chi connectivity index (χ0v) is 5.04. The van der Waals surface area contributed by atoms with Gasteiger partial charge < -0.3 is 19.4 Å². The fourth-order valence-electron chi connectivity index (χ4n) is 0.284. The predicted octanol–water partition coefficient (Wildman–Crippen LogP) is -1.87. The summed E-state index contributed by atoms with van der Waals surface area (Å²) in [6.07, 6.45) is -1.26. The Kier molecular flexibility index (Phi) is 5.94. The summed E-state index contributed by atoms with van der Waals surface area (Å²) in [5.74, 6) is 0. The Morgan fingerprint density at radius 2 is 1.90 bits per heavy atom. The molecule has 0 bridgehead atoms. The van der Waals surface area contributed by atoms with E-state index in [2.05, 4.69) is 19.3 Å². The van der Waals surface area contributed by atoms with Crippen molar-refractivity contribution in [2.45, 2.75) is 6.41 Å². The zero-order valence-electron chi connectivity index (χ0n) is 5.04. The van der Waals surface area contributed by atoms with Crippen LogP contribution >= 0.6 is 0 Å². The normalized spacial score (nSPS) is 8.70. The SMILES string of the molecule is [N-]=[N+]=NC(OBO)OBO. The lowest BCUT2D eigenvalue weighted by atomic mass is 10.4. The van der Waals surface area contributed by atoms with Crippen molar-refractivity contribution < 1.29 is 19.4 Å². The van der Waals surface area contributed by atoms with Crippen LogP contribution in [-0.4, -0.2) is 31.8 Å². The van der Waals surface area contributed by atoms with Crippen LogP contribution in [0.15, 0.2) is 5.11 Å². The van der Waals surface area contributed by atoms with Crippen LogP contribution in [0, 0.1) is 0 Å². The van der Waals surface area contributed by atoms with Gasteiger partial charge >= 0.3 is 15.4 Å². The highest BCUT2D eigenvalue weighted by atomic mass is 16.7. The first-order valence-corrected chi connectivity index (χ1v) is 2.34. The molecule has 54 valence electrons. The highest BCUT2D eigenvalue weighted by molar-refractivity contribution is 6.17. The fourth-order valence-corrected chi connectivity index (χ4v) is 0.284. The maximum absolute atomic E-state index is 8.12. The monoisotopic (exact) mass is 145 g/mol. The molecule has 10 heavy (non-hydrogen) atoms. The first-order valence-electron chi connectivity index (χ1n) is 2.34. The molecule has 0 heterocycles. The van der Waals surface area contributed by atoms with E-state index in [0.717, 1.165) is 0 Å². The second-order valence-corrected chi connectivity index (χ2v) is 1.10. The second kappa shape index (κ2) is 6.40. The Morgan fingerprint density at radius 3 is 2.20 bits per heavy atom. The largest absolute Gasteiger partial charge is 0.437 e. The standard InChI is InChI=1S/CH5B2N3O4/c4-6-5-1(9-2-7)10-3-8/h1-3,7-8H. The highest BCUT2D eigenvalue weighted by Gasteiger charge is 2.04. The maximum atomic E-state index is 8.12. The number of rotatable bonds is 5. The molecule has 0 saturated carbocycles. The molecular formula is CH5B2N3O4. The Balaban J connectivity index is 3.60. The molecule has 0 aromatic rings. The van der Waals surface area contributed by atoms with Gasteiger partial charge in [-0.1, -0.05) is 0 Å². The first-order chi connectivity index (χ1) is 4.85. The van der Waals surface area contributed by atoms with Crippen molar-refractivity contribution in [1.82, 2.24) is 0 Å². The van der Waals surface area contributed by atoms with Crippen LogP contribution < -0.4 is 0 Å². The van der Waals surface area contributed by atoms with Crippen LogP contribution in [0.5, 0.6) is 0 Å². The van der Waals surface area contributed by atoms with Crippen molar-refractivity contribution in [2.75, 3.05) is 0 Å². The average Bonchev–Trinajstić information content (AvgIpc) is 1.90. The highest BCUT2D eigenvalue weighted by Crippen LogP contribution is 1.92. The van der Waals surface area contributed by atoms with E-state index in [1.165, 1.54) is 0 Å². The van der Waals surface area contributed by atoms with Gasteiger partial charge in [0.25, 0.3) is 0 Å². The minimum absolute atomic E-state index is 0.635. The van der Waals surface area contributed by atoms with Gasteiger partial charge in [0.15, 0.2) is 0 Å². The summed E-state index contributed by atoms with van der Waals surface area (Å²) in [6.45, 7) is 0. The van der Waals surface area contributed by atoms with Crippen LogP contribution in [0.4, 0.5) is 0 Å². The molecule has 0 aliphatic carbocycles. The van der Waals surface area contributed by atoms with Gasteiger partial charge in [0.05, 0.1) is 0 Å². The Hall–Kier alpha value is -0.720. The summed E-state index contributed by atoms with van der Waals surface area (Å²) in [5.41, 5.74) is 7.82. The number of hydrogen-bond donors (Lipinski definition) is 2. The molecule has 0 aromatic heterocycles. The molecule has 0 aliphatic heterocycles. The zero-order chi connectivity index (χ0) is 7.82. The molecule has 7 nitrogen and oxygen atoms in total. The van der Waals surface area contributed by atoms with Crippen molar-refractivity contribution in [2.24, 2.45) is 5.11 Å². The van der Waals surface area contributed by atoms with Crippen molar-refractivity contribution in [3.63, 3.8) is 0 Å². The smallest absolute Gasteiger partial charge is 0.430 e. The molecule has 9 heteroatoms. The molecule has 0 fully saturated rings. The molecular weight excluding hydrogens is 140 g/mol. The van der Waals surface area contributed by atoms with Gasteiger partial charge in [0.2, 0.25) is 6.41 Å². The minimum Gasteiger partial charge on any atom is -0.430 e. The molecule has 0 radical (unpaired) electrons. The van der Waals surface area contributed by atoms with Gasteiger partial charge in [0.1, 0.15) is 0 Å². The van der Waals surface area contributed by atoms with Crippen molar-refractivity contribution in [3.05, 3.63) is 10.4 Å². The van der Waals surface area contributed by atoms with Crippen LogP contribution in [0.2, 0.25) is 0 Å². The summed E-state index contributed by atoms with van der Waals surface area (Å²) >= 11 is 0. The lowest BCUT2D eigenvalue weighted by molar-refractivity contribution is -0.00381. The van der Waals surface area contributed by atoms with E-state index in [1.54, 1.807) is 0 Å². The van der Waals surface area contributed by atoms with Crippen molar-refractivity contribution in [1.29, 1.82) is 0 Å². The second-order valence-electron chi connectivity index (χ2n) is 1.10. The van der Waals surface area contributed by atoms with E-state index in [4.69, 9.17) is 15.6 Å². The number of hydrogen-bond acceptors (Lipinski definition) is 5. The fraction of sp³-hybridized carbons (Fsp3) is 1.00. The van der Waals surface area contributed by atoms with Crippen molar-refractivity contribution >= 4 is 15.4 Å². The summed E-state index contributed by atoms with van der Waals surface area (Å²) in [5, 5.41) is 19.2. The van der Waals surface area contributed by atoms with E-state index in [-0.39, 0.29) is 0 Å². The van der Waals surface area contributed by atoms with Gasteiger partial charge in [-0.25, -0.2) is 0 Å². The predicted molar refractivity (Wildman–Crippen MR) is 33.8 cm³/mol. The summed E-state index contributed by atoms with van der Waals surface area (Å²) in [4.78, 5) is 2.33. The van der Waals surface area contributed by atoms with Crippen LogP contribution in [0.25, 0.3) is 10.4 Å². The molecule has 2 N–H and O–H groups in total.